The van der Waals surface area contributed by atoms with Crippen LogP contribution in [0.15, 0.2) is 36.5 Å². The van der Waals surface area contributed by atoms with Gasteiger partial charge in [-0.25, -0.2) is 0 Å². The highest BCUT2D eigenvalue weighted by Gasteiger charge is 2.19. The summed E-state index contributed by atoms with van der Waals surface area (Å²) in [6.45, 7) is 3.29. The number of carbonyl (C=O) groups excluding carboxylic acids is 1. The zero-order valence-corrected chi connectivity index (χ0v) is 11.3. The number of halogens is 1. The van der Waals surface area contributed by atoms with Crippen LogP contribution >= 0.6 is 12.4 Å². The number of amides is 1. The molecule has 100 valence electrons. The van der Waals surface area contributed by atoms with E-state index in [1.807, 2.05) is 35.2 Å². The van der Waals surface area contributed by atoms with Crippen LogP contribution in [0.2, 0.25) is 0 Å². The number of piperazine rings is 1. The van der Waals surface area contributed by atoms with Crippen molar-refractivity contribution in [3.05, 3.63) is 42.1 Å². The lowest BCUT2D eigenvalue weighted by Gasteiger charge is -2.27. The van der Waals surface area contributed by atoms with Gasteiger partial charge in [-0.05, 0) is 18.2 Å². The van der Waals surface area contributed by atoms with Crippen LogP contribution in [0.3, 0.4) is 0 Å². The molecule has 0 spiro atoms. The number of aromatic nitrogens is 1. The number of hydrogen-bond acceptors (Lipinski definition) is 3. The van der Waals surface area contributed by atoms with Gasteiger partial charge in [-0.15, -0.1) is 12.4 Å². The van der Waals surface area contributed by atoms with E-state index in [0.717, 1.165) is 42.6 Å². The summed E-state index contributed by atoms with van der Waals surface area (Å²) in [5.74, 6) is 0.107. The van der Waals surface area contributed by atoms with E-state index in [0.29, 0.717) is 0 Å². The summed E-state index contributed by atoms with van der Waals surface area (Å²) in [5, 5.41) is 4.19. The Bertz CT molecular complexity index is 576. The Morgan fingerprint density at radius 1 is 1.16 bits per heavy atom. The summed E-state index contributed by atoms with van der Waals surface area (Å²) in [7, 11) is 0. The van der Waals surface area contributed by atoms with E-state index in [-0.39, 0.29) is 18.3 Å². The number of nitrogens with one attached hydrogen (secondary N) is 1. The van der Waals surface area contributed by atoms with Crippen LogP contribution in [0.4, 0.5) is 0 Å². The van der Waals surface area contributed by atoms with Gasteiger partial charge in [0.05, 0.1) is 5.52 Å². The number of hydrogen-bond donors (Lipinski definition) is 1. The Morgan fingerprint density at radius 3 is 2.74 bits per heavy atom. The Hall–Kier alpha value is -1.65. The average molecular weight is 278 g/mol. The second kappa shape index (κ2) is 5.99. The second-order valence-electron chi connectivity index (χ2n) is 4.42. The lowest BCUT2D eigenvalue weighted by molar-refractivity contribution is 0.0738. The first-order valence-electron chi connectivity index (χ1n) is 6.20. The molecule has 1 amide bonds. The first kappa shape index (κ1) is 13.8. The zero-order valence-electron chi connectivity index (χ0n) is 10.5. The van der Waals surface area contributed by atoms with Crippen LogP contribution in [-0.2, 0) is 0 Å². The smallest absolute Gasteiger partial charge is 0.254 e. The van der Waals surface area contributed by atoms with Gasteiger partial charge in [-0.1, -0.05) is 12.1 Å². The van der Waals surface area contributed by atoms with Crippen molar-refractivity contribution >= 4 is 29.2 Å². The van der Waals surface area contributed by atoms with Gasteiger partial charge in [0, 0.05) is 43.3 Å². The molecule has 0 bridgehead atoms. The summed E-state index contributed by atoms with van der Waals surface area (Å²) >= 11 is 0. The molecular formula is C14H16ClN3O. The highest BCUT2D eigenvalue weighted by molar-refractivity contribution is 6.06. The molecule has 1 aromatic carbocycles. The zero-order chi connectivity index (χ0) is 12.4. The van der Waals surface area contributed by atoms with E-state index >= 15 is 0 Å². The molecule has 5 heteroatoms. The van der Waals surface area contributed by atoms with Crippen LogP contribution in [-0.4, -0.2) is 42.0 Å². The molecule has 2 heterocycles. The third kappa shape index (κ3) is 2.69. The minimum absolute atomic E-state index is 0. The second-order valence-corrected chi connectivity index (χ2v) is 4.42. The molecule has 0 unspecified atom stereocenters. The van der Waals surface area contributed by atoms with E-state index in [9.17, 15) is 4.79 Å². The van der Waals surface area contributed by atoms with Crippen molar-refractivity contribution in [1.29, 1.82) is 0 Å². The normalized spacial score (nSPS) is 15.1. The maximum absolute atomic E-state index is 12.5. The molecular weight excluding hydrogens is 262 g/mol. The van der Waals surface area contributed by atoms with Gasteiger partial charge < -0.3 is 10.2 Å². The van der Waals surface area contributed by atoms with Crippen molar-refractivity contribution in [2.45, 2.75) is 0 Å². The fraction of sp³-hybridized carbons (Fsp3) is 0.286. The summed E-state index contributed by atoms with van der Waals surface area (Å²) in [4.78, 5) is 18.7. The third-order valence-corrected chi connectivity index (χ3v) is 3.28. The molecule has 19 heavy (non-hydrogen) atoms. The van der Waals surface area contributed by atoms with Gasteiger partial charge in [-0.3, -0.25) is 9.78 Å². The number of nitrogens with zero attached hydrogens (tertiary/aromatic N) is 2. The lowest BCUT2D eigenvalue weighted by Crippen LogP contribution is -2.46. The van der Waals surface area contributed by atoms with Gasteiger partial charge in [-0.2, -0.15) is 0 Å². The van der Waals surface area contributed by atoms with Crippen LogP contribution in [0, 0.1) is 0 Å². The fourth-order valence-corrected chi connectivity index (χ4v) is 2.33. The van der Waals surface area contributed by atoms with Crippen LogP contribution in [0.25, 0.3) is 10.9 Å². The highest BCUT2D eigenvalue weighted by Crippen LogP contribution is 2.18. The quantitative estimate of drug-likeness (QED) is 0.863. The van der Waals surface area contributed by atoms with Crippen LogP contribution in [0.1, 0.15) is 10.4 Å². The molecule has 0 atom stereocenters. The monoisotopic (exact) mass is 277 g/mol. The van der Waals surface area contributed by atoms with E-state index in [1.54, 1.807) is 6.20 Å². The largest absolute Gasteiger partial charge is 0.336 e. The predicted molar refractivity (Wildman–Crippen MR) is 77.8 cm³/mol. The lowest BCUT2D eigenvalue weighted by atomic mass is 10.1. The van der Waals surface area contributed by atoms with Crippen molar-refractivity contribution in [2.24, 2.45) is 0 Å². The average Bonchev–Trinajstić information content (AvgIpc) is 2.47. The summed E-state index contributed by atoms with van der Waals surface area (Å²) < 4.78 is 0. The topological polar surface area (TPSA) is 45.2 Å². The van der Waals surface area contributed by atoms with Crippen LogP contribution in [0.5, 0.6) is 0 Å². The van der Waals surface area contributed by atoms with E-state index in [1.165, 1.54) is 0 Å². The number of benzene rings is 1. The molecule has 1 N–H and O–H groups in total. The Morgan fingerprint density at radius 2 is 1.95 bits per heavy atom. The SMILES string of the molecule is Cl.O=C(c1cccc2ncccc12)N1CCNCC1. The number of rotatable bonds is 1. The van der Waals surface area contributed by atoms with Crippen molar-refractivity contribution in [3.63, 3.8) is 0 Å². The van der Waals surface area contributed by atoms with E-state index in [2.05, 4.69) is 10.3 Å². The molecule has 1 aromatic heterocycles. The fourth-order valence-electron chi connectivity index (χ4n) is 2.33. The Kier molecular flexibility index (Phi) is 4.35. The van der Waals surface area contributed by atoms with Crippen molar-refractivity contribution < 1.29 is 4.79 Å². The molecule has 3 rings (SSSR count). The third-order valence-electron chi connectivity index (χ3n) is 3.28. The van der Waals surface area contributed by atoms with Gasteiger partial charge in [0.2, 0.25) is 0 Å². The highest BCUT2D eigenvalue weighted by atomic mass is 35.5. The predicted octanol–water partition coefficient (Wildman–Crippen LogP) is 1.70. The standard InChI is InChI=1S/C14H15N3O.ClH/c18-14(17-9-7-15-8-10-17)12-3-1-5-13-11(12)4-2-6-16-13;/h1-6,15H,7-10H2;1H. The summed E-state index contributed by atoms with van der Waals surface area (Å²) in [5.41, 5.74) is 1.63. The molecule has 1 aliphatic heterocycles. The molecule has 2 aromatic rings. The first-order chi connectivity index (χ1) is 8.86. The molecule has 1 aliphatic rings. The Balaban J connectivity index is 0.00000133. The maximum Gasteiger partial charge on any atom is 0.254 e. The van der Waals surface area contributed by atoms with Gasteiger partial charge in [0.25, 0.3) is 5.91 Å². The van der Waals surface area contributed by atoms with Crippen LogP contribution < -0.4 is 5.32 Å². The Labute approximate surface area is 118 Å². The molecule has 4 nitrogen and oxygen atoms in total. The molecule has 0 aliphatic carbocycles. The van der Waals surface area contributed by atoms with Gasteiger partial charge >= 0.3 is 0 Å². The minimum atomic E-state index is 0. The summed E-state index contributed by atoms with van der Waals surface area (Å²) in [6, 6.07) is 9.54. The number of pyridine rings is 1. The van der Waals surface area contributed by atoms with E-state index in [4.69, 9.17) is 0 Å². The number of fused-ring (bicyclic) bond motifs is 1. The van der Waals surface area contributed by atoms with Gasteiger partial charge in [0.15, 0.2) is 0 Å². The maximum atomic E-state index is 12.5. The van der Waals surface area contributed by atoms with Crippen molar-refractivity contribution in [3.8, 4) is 0 Å². The molecule has 1 fully saturated rings. The minimum Gasteiger partial charge on any atom is -0.336 e. The molecule has 0 radical (unpaired) electrons. The molecule has 1 saturated heterocycles. The van der Waals surface area contributed by atoms with Crippen molar-refractivity contribution in [1.82, 2.24) is 15.2 Å². The van der Waals surface area contributed by atoms with Crippen molar-refractivity contribution in [2.75, 3.05) is 26.2 Å². The van der Waals surface area contributed by atoms with Gasteiger partial charge in [0.1, 0.15) is 0 Å². The first-order valence-corrected chi connectivity index (χ1v) is 6.20. The molecule has 0 saturated carbocycles. The number of carbonyl (C=O) groups is 1. The summed E-state index contributed by atoms with van der Waals surface area (Å²) in [6.07, 6.45) is 1.75. The van der Waals surface area contributed by atoms with E-state index < -0.39 is 0 Å².